The average Bonchev–Trinajstić information content (AvgIpc) is 2.49. The molecule has 0 aliphatic heterocycles. The standard InChI is InChI=1S/C15H19N3O4/c1-8(2)9-5-12(21-3)13(22-4)6-10(9)17-11-7-16-15(20)18-14(11)19/h5-8,17H,1-4H3,(H2,16,18,19,20). The summed E-state index contributed by atoms with van der Waals surface area (Å²) in [5, 5.41) is 3.03. The zero-order valence-electron chi connectivity index (χ0n) is 12.9. The van der Waals surface area contributed by atoms with Crippen LogP contribution < -0.4 is 26.0 Å². The summed E-state index contributed by atoms with van der Waals surface area (Å²) in [6.07, 6.45) is 1.34. The van der Waals surface area contributed by atoms with E-state index in [1.54, 1.807) is 20.3 Å². The van der Waals surface area contributed by atoms with Crippen LogP contribution in [0.4, 0.5) is 11.4 Å². The molecule has 7 nitrogen and oxygen atoms in total. The fraction of sp³-hybridized carbons (Fsp3) is 0.333. The Hall–Kier alpha value is -2.70. The van der Waals surface area contributed by atoms with Gasteiger partial charge in [0.15, 0.2) is 11.5 Å². The first-order chi connectivity index (χ1) is 10.5. The van der Waals surface area contributed by atoms with Crippen molar-refractivity contribution in [3.05, 3.63) is 44.7 Å². The summed E-state index contributed by atoms with van der Waals surface area (Å²) in [4.78, 5) is 27.5. The number of nitrogens with one attached hydrogen (secondary N) is 3. The maximum Gasteiger partial charge on any atom is 0.325 e. The zero-order valence-corrected chi connectivity index (χ0v) is 12.9. The second kappa shape index (κ2) is 6.38. The van der Waals surface area contributed by atoms with E-state index in [0.717, 1.165) is 5.56 Å². The van der Waals surface area contributed by atoms with Crippen molar-refractivity contribution in [2.75, 3.05) is 19.5 Å². The monoisotopic (exact) mass is 305 g/mol. The Bertz CT molecular complexity index is 777. The van der Waals surface area contributed by atoms with Crippen molar-refractivity contribution < 1.29 is 9.47 Å². The van der Waals surface area contributed by atoms with Crippen molar-refractivity contribution in [3.63, 3.8) is 0 Å². The highest BCUT2D eigenvalue weighted by atomic mass is 16.5. The predicted molar refractivity (Wildman–Crippen MR) is 84.6 cm³/mol. The van der Waals surface area contributed by atoms with Gasteiger partial charge in [0, 0.05) is 18.0 Å². The van der Waals surface area contributed by atoms with Crippen LogP contribution in [-0.4, -0.2) is 24.2 Å². The smallest absolute Gasteiger partial charge is 0.325 e. The number of anilines is 2. The van der Waals surface area contributed by atoms with E-state index in [9.17, 15) is 9.59 Å². The molecule has 118 valence electrons. The number of H-pyrrole nitrogens is 2. The molecular weight excluding hydrogens is 286 g/mol. The number of aromatic amines is 2. The van der Waals surface area contributed by atoms with Gasteiger partial charge in [-0.3, -0.25) is 9.78 Å². The van der Waals surface area contributed by atoms with Gasteiger partial charge >= 0.3 is 5.69 Å². The molecule has 7 heteroatoms. The highest BCUT2D eigenvalue weighted by Gasteiger charge is 2.14. The minimum absolute atomic E-state index is 0.198. The summed E-state index contributed by atoms with van der Waals surface area (Å²) in [6.45, 7) is 4.06. The van der Waals surface area contributed by atoms with Gasteiger partial charge in [0.05, 0.1) is 14.2 Å². The molecule has 22 heavy (non-hydrogen) atoms. The number of methoxy groups -OCH3 is 2. The van der Waals surface area contributed by atoms with Crippen LogP contribution >= 0.6 is 0 Å². The van der Waals surface area contributed by atoms with Gasteiger partial charge in [-0.15, -0.1) is 0 Å². The Kier molecular flexibility index (Phi) is 4.55. The summed E-state index contributed by atoms with van der Waals surface area (Å²) >= 11 is 0. The molecule has 3 N–H and O–H groups in total. The number of hydrogen-bond acceptors (Lipinski definition) is 5. The predicted octanol–water partition coefficient (Wildman–Crippen LogP) is 1.95. The lowest BCUT2D eigenvalue weighted by Gasteiger charge is -2.18. The molecule has 0 fully saturated rings. The highest BCUT2D eigenvalue weighted by Crippen LogP contribution is 2.37. The third kappa shape index (κ3) is 3.13. The lowest BCUT2D eigenvalue weighted by Crippen LogP contribution is -2.23. The van der Waals surface area contributed by atoms with Gasteiger partial charge < -0.3 is 19.8 Å². The van der Waals surface area contributed by atoms with Crippen LogP contribution in [0, 0.1) is 0 Å². The number of aromatic nitrogens is 2. The highest BCUT2D eigenvalue weighted by molar-refractivity contribution is 5.67. The lowest BCUT2D eigenvalue weighted by molar-refractivity contribution is 0.354. The fourth-order valence-electron chi connectivity index (χ4n) is 2.13. The maximum atomic E-state index is 11.8. The Labute approximate surface area is 127 Å². The van der Waals surface area contributed by atoms with E-state index in [-0.39, 0.29) is 11.6 Å². The van der Waals surface area contributed by atoms with E-state index in [0.29, 0.717) is 17.2 Å². The van der Waals surface area contributed by atoms with Crippen molar-refractivity contribution >= 4 is 11.4 Å². The molecule has 1 aromatic carbocycles. The summed E-state index contributed by atoms with van der Waals surface area (Å²) in [5.41, 5.74) is 0.877. The van der Waals surface area contributed by atoms with E-state index in [1.807, 2.05) is 19.9 Å². The van der Waals surface area contributed by atoms with E-state index >= 15 is 0 Å². The molecule has 0 bridgehead atoms. The van der Waals surface area contributed by atoms with Crippen molar-refractivity contribution in [1.82, 2.24) is 9.97 Å². The van der Waals surface area contributed by atoms with E-state index in [4.69, 9.17) is 9.47 Å². The molecule has 2 rings (SSSR count). The molecular formula is C15H19N3O4. The molecule has 0 spiro atoms. The van der Waals surface area contributed by atoms with Gasteiger partial charge in [0.2, 0.25) is 0 Å². The topological polar surface area (TPSA) is 96.2 Å². The Morgan fingerprint density at radius 3 is 2.23 bits per heavy atom. The second-order valence-electron chi connectivity index (χ2n) is 5.06. The largest absolute Gasteiger partial charge is 0.493 e. The van der Waals surface area contributed by atoms with Crippen LogP contribution in [0.15, 0.2) is 27.9 Å². The normalized spacial score (nSPS) is 10.6. The third-order valence-electron chi connectivity index (χ3n) is 3.27. The molecule has 0 aliphatic carbocycles. The zero-order chi connectivity index (χ0) is 16.3. The van der Waals surface area contributed by atoms with E-state index in [2.05, 4.69) is 15.3 Å². The molecule has 1 heterocycles. The van der Waals surface area contributed by atoms with Gasteiger partial charge in [-0.25, -0.2) is 4.79 Å². The van der Waals surface area contributed by atoms with Crippen LogP contribution in [0.3, 0.4) is 0 Å². The third-order valence-corrected chi connectivity index (χ3v) is 3.27. The molecule has 0 unspecified atom stereocenters. The van der Waals surface area contributed by atoms with Crippen LogP contribution in [0.1, 0.15) is 25.3 Å². The molecule has 0 atom stereocenters. The fourth-order valence-corrected chi connectivity index (χ4v) is 2.13. The molecule has 0 amide bonds. The summed E-state index contributed by atoms with van der Waals surface area (Å²) in [6, 6.07) is 3.63. The van der Waals surface area contributed by atoms with Gasteiger partial charge in [0.1, 0.15) is 5.69 Å². The Morgan fingerprint density at radius 2 is 1.68 bits per heavy atom. The van der Waals surface area contributed by atoms with Crippen molar-refractivity contribution in [2.24, 2.45) is 0 Å². The van der Waals surface area contributed by atoms with Gasteiger partial charge in [0.25, 0.3) is 5.56 Å². The SMILES string of the molecule is COc1cc(Nc2c[nH]c(=O)[nH]c2=O)c(C(C)C)cc1OC. The first-order valence-electron chi connectivity index (χ1n) is 6.81. The molecule has 1 aromatic heterocycles. The quantitative estimate of drug-likeness (QED) is 0.784. The molecule has 0 saturated carbocycles. The Morgan fingerprint density at radius 1 is 1.05 bits per heavy atom. The number of rotatable bonds is 5. The van der Waals surface area contributed by atoms with Crippen molar-refractivity contribution in [2.45, 2.75) is 19.8 Å². The number of benzene rings is 1. The number of hydrogen-bond donors (Lipinski definition) is 3. The van der Waals surface area contributed by atoms with Crippen LogP contribution in [0.2, 0.25) is 0 Å². The maximum absolute atomic E-state index is 11.8. The van der Waals surface area contributed by atoms with Crippen LogP contribution in [-0.2, 0) is 0 Å². The van der Waals surface area contributed by atoms with Crippen LogP contribution in [0.5, 0.6) is 11.5 Å². The molecule has 0 aliphatic rings. The summed E-state index contributed by atoms with van der Waals surface area (Å²) in [7, 11) is 3.12. The van der Waals surface area contributed by atoms with Gasteiger partial charge in [-0.2, -0.15) is 0 Å². The molecule has 0 radical (unpaired) electrons. The van der Waals surface area contributed by atoms with E-state index in [1.165, 1.54) is 6.20 Å². The number of ether oxygens (including phenoxy) is 2. The molecule has 2 aromatic rings. The minimum Gasteiger partial charge on any atom is -0.493 e. The van der Waals surface area contributed by atoms with Gasteiger partial charge in [-0.05, 0) is 17.5 Å². The first kappa shape index (κ1) is 15.7. The van der Waals surface area contributed by atoms with E-state index < -0.39 is 11.2 Å². The summed E-state index contributed by atoms with van der Waals surface area (Å²) in [5.74, 6) is 1.37. The second-order valence-corrected chi connectivity index (χ2v) is 5.06. The summed E-state index contributed by atoms with van der Waals surface area (Å²) < 4.78 is 10.6. The minimum atomic E-state index is -0.549. The first-order valence-corrected chi connectivity index (χ1v) is 6.81. The van der Waals surface area contributed by atoms with Crippen molar-refractivity contribution in [3.8, 4) is 11.5 Å². The van der Waals surface area contributed by atoms with Gasteiger partial charge in [-0.1, -0.05) is 13.8 Å². The van der Waals surface area contributed by atoms with Crippen molar-refractivity contribution in [1.29, 1.82) is 0 Å². The van der Waals surface area contributed by atoms with Crippen LogP contribution in [0.25, 0.3) is 0 Å². The Balaban J connectivity index is 2.53. The molecule has 0 saturated heterocycles. The lowest BCUT2D eigenvalue weighted by atomic mass is 10.00. The average molecular weight is 305 g/mol.